The molecule has 2 aromatic carbocycles. The summed E-state index contributed by atoms with van der Waals surface area (Å²) < 4.78 is 21.8. The van der Waals surface area contributed by atoms with Crippen molar-refractivity contribution in [3.63, 3.8) is 0 Å². The Hall–Kier alpha value is -3.62. The fraction of sp³-hybridized carbons (Fsp3) is 0.357. The normalized spacial score (nSPS) is 14.3. The minimum Gasteiger partial charge on any atom is -0.504 e. The van der Waals surface area contributed by atoms with Gasteiger partial charge in [-0.25, -0.2) is 0 Å². The van der Waals surface area contributed by atoms with Crippen molar-refractivity contribution in [1.29, 1.82) is 0 Å². The van der Waals surface area contributed by atoms with Gasteiger partial charge in [-0.1, -0.05) is 24.3 Å². The first kappa shape index (κ1) is 27.0. The number of phenols is 1. The van der Waals surface area contributed by atoms with Crippen LogP contribution in [0.3, 0.4) is 0 Å². The lowest BCUT2D eigenvalue weighted by Crippen LogP contribution is -2.37. The van der Waals surface area contributed by atoms with Crippen molar-refractivity contribution in [1.82, 2.24) is 4.90 Å². The maximum atomic E-state index is 12.3. The van der Waals surface area contributed by atoms with Crippen LogP contribution < -0.4 is 14.2 Å². The van der Waals surface area contributed by atoms with Crippen LogP contribution in [0.4, 0.5) is 0 Å². The maximum absolute atomic E-state index is 12.3. The molecule has 0 unspecified atom stereocenters. The van der Waals surface area contributed by atoms with Crippen LogP contribution in [0.1, 0.15) is 24.0 Å². The van der Waals surface area contributed by atoms with Crippen molar-refractivity contribution < 1.29 is 33.6 Å². The Labute approximate surface area is 211 Å². The van der Waals surface area contributed by atoms with E-state index in [1.165, 1.54) is 25.3 Å². The predicted molar refractivity (Wildman–Crippen MR) is 138 cm³/mol. The third kappa shape index (κ3) is 8.55. The van der Waals surface area contributed by atoms with Gasteiger partial charge in [0.15, 0.2) is 34.6 Å². The number of phenolic OH excluding ortho intramolecular Hbond substituents is 1. The zero-order valence-electron chi connectivity index (χ0n) is 20.8. The number of benzene rings is 2. The number of ketones is 2. The second-order valence-electron chi connectivity index (χ2n) is 8.27. The molecule has 0 aromatic heterocycles. The third-order valence-corrected chi connectivity index (χ3v) is 5.64. The standard InChI is InChI=1S/C28H33NO7/c1-33-26-11-7-22(19-28(26)36-15-3-12-29-13-16-35-17-14-29)5-9-24(31)20-23(30)8-4-21-6-10-25(32)27(18-21)34-2/h4-11,18-19,32H,3,12-17,20H2,1-2H3/b8-4+,9-5+. The molecule has 1 aliphatic heterocycles. The van der Waals surface area contributed by atoms with Crippen LogP contribution in [0, 0.1) is 0 Å². The molecule has 8 heteroatoms. The molecule has 0 atom stereocenters. The summed E-state index contributed by atoms with van der Waals surface area (Å²) in [5, 5.41) is 9.65. The highest BCUT2D eigenvalue weighted by atomic mass is 16.5. The van der Waals surface area contributed by atoms with Crippen molar-refractivity contribution >= 4 is 23.7 Å². The molecule has 0 amide bonds. The molecule has 1 heterocycles. The topological polar surface area (TPSA) is 94.5 Å². The fourth-order valence-electron chi connectivity index (χ4n) is 3.67. The van der Waals surface area contributed by atoms with Gasteiger partial charge in [0.1, 0.15) is 0 Å². The van der Waals surface area contributed by atoms with E-state index in [0.29, 0.717) is 29.4 Å². The van der Waals surface area contributed by atoms with Crippen molar-refractivity contribution in [3.05, 3.63) is 59.7 Å². The molecule has 0 aliphatic carbocycles. The molecule has 0 bridgehead atoms. The fourth-order valence-corrected chi connectivity index (χ4v) is 3.67. The molecule has 2 aromatic rings. The first-order valence-electron chi connectivity index (χ1n) is 11.9. The van der Waals surface area contributed by atoms with Gasteiger partial charge in [0.25, 0.3) is 0 Å². The number of allylic oxidation sites excluding steroid dienone is 2. The highest BCUT2D eigenvalue weighted by molar-refractivity contribution is 6.10. The molecule has 3 rings (SSSR count). The Kier molecular flexibility index (Phi) is 10.5. The first-order valence-corrected chi connectivity index (χ1v) is 11.9. The lowest BCUT2D eigenvalue weighted by molar-refractivity contribution is -0.121. The van der Waals surface area contributed by atoms with Crippen molar-refractivity contribution in [2.75, 3.05) is 53.7 Å². The third-order valence-electron chi connectivity index (χ3n) is 5.64. The van der Waals surface area contributed by atoms with E-state index in [2.05, 4.69) is 4.90 Å². The summed E-state index contributed by atoms with van der Waals surface area (Å²) in [6, 6.07) is 10.2. The van der Waals surface area contributed by atoms with E-state index in [4.69, 9.17) is 18.9 Å². The SMILES string of the molecule is COc1cc(/C=C/C(=O)CC(=O)/C=C/c2ccc(OC)c(OCCCN3CCOCC3)c2)ccc1O. The van der Waals surface area contributed by atoms with Crippen LogP contribution in [0.15, 0.2) is 48.6 Å². The number of ether oxygens (including phenoxy) is 4. The summed E-state index contributed by atoms with van der Waals surface area (Å²) >= 11 is 0. The van der Waals surface area contributed by atoms with Gasteiger partial charge in [-0.3, -0.25) is 14.5 Å². The number of morpholine rings is 1. The molecule has 1 saturated heterocycles. The van der Waals surface area contributed by atoms with Gasteiger partial charge in [-0.2, -0.15) is 0 Å². The van der Waals surface area contributed by atoms with E-state index in [1.807, 2.05) is 12.1 Å². The lowest BCUT2D eigenvalue weighted by Gasteiger charge is -2.26. The van der Waals surface area contributed by atoms with Crippen molar-refractivity contribution in [2.24, 2.45) is 0 Å². The van der Waals surface area contributed by atoms with Gasteiger partial charge >= 0.3 is 0 Å². The molecule has 8 nitrogen and oxygen atoms in total. The molecule has 1 aliphatic rings. The summed E-state index contributed by atoms with van der Waals surface area (Å²) in [5.74, 6) is 0.922. The van der Waals surface area contributed by atoms with Crippen LogP contribution in [-0.2, 0) is 14.3 Å². The highest BCUT2D eigenvalue weighted by Gasteiger charge is 2.11. The van der Waals surface area contributed by atoms with Gasteiger partial charge < -0.3 is 24.1 Å². The maximum Gasteiger partial charge on any atom is 0.163 e. The largest absolute Gasteiger partial charge is 0.504 e. The number of aromatic hydroxyl groups is 1. The van der Waals surface area contributed by atoms with E-state index >= 15 is 0 Å². The van der Waals surface area contributed by atoms with Crippen LogP contribution in [0.2, 0.25) is 0 Å². The Morgan fingerprint density at radius 2 is 1.53 bits per heavy atom. The monoisotopic (exact) mass is 495 g/mol. The van der Waals surface area contributed by atoms with E-state index in [0.717, 1.165) is 44.8 Å². The predicted octanol–water partition coefficient (Wildman–Crippen LogP) is 3.77. The quantitative estimate of drug-likeness (QED) is 0.255. The van der Waals surface area contributed by atoms with Crippen LogP contribution in [0.5, 0.6) is 23.0 Å². The number of hydrogen-bond donors (Lipinski definition) is 1. The number of hydrogen-bond acceptors (Lipinski definition) is 8. The second-order valence-corrected chi connectivity index (χ2v) is 8.27. The minimum atomic E-state index is -0.323. The van der Waals surface area contributed by atoms with Crippen molar-refractivity contribution in [2.45, 2.75) is 12.8 Å². The highest BCUT2D eigenvalue weighted by Crippen LogP contribution is 2.29. The number of nitrogens with zero attached hydrogens (tertiary/aromatic N) is 1. The van der Waals surface area contributed by atoms with E-state index < -0.39 is 0 Å². The summed E-state index contributed by atoms with van der Waals surface area (Å²) in [6.07, 6.45) is 6.60. The zero-order valence-corrected chi connectivity index (χ0v) is 20.8. The Morgan fingerprint density at radius 3 is 2.17 bits per heavy atom. The van der Waals surface area contributed by atoms with Gasteiger partial charge in [-0.05, 0) is 54.0 Å². The van der Waals surface area contributed by atoms with Gasteiger partial charge in [0.05, 0.1) is 40.5 Å². The molecule has 0 saturated carbocycles. The van der Waals surface area contributed by atoms with Gasteiger partial charge in [0, 0.05) is 19.6 Å². The smallest absolute Gasteiger partial charge is 0.163 e. The Bertz CT molecular complexity index is 1090. The van der Waals surface area contributed by atoms with Crippen LogP contribution >= 0.6 is 0 Å². The molecule has 1 N–H and O–H groups in total. The average Bonchev–Trinajstić information content (AvgIpc) is 2.90. The molecule has 0 radical (unpaired) electrons. The average molecular weight is 496 g/mol. The number of methoxy groups -OCH3 is 2. The molecular formula is C28H33NO7. The Morgan fingerprint density at radius 1 is 0.917 bits per heavy atom. The number of carbonyl (C=O) groups is 2. The van der Waals surface area contributed by atoms with E-state index in [-0.39, 0.29) is 23.7 Å². The van der Waals surface area contributed by atoms with Crippen LogP contribution in [-0.4, -0.2) is 75.2 Å². The number of rotatable bonds is 13. The van der Waals surface area contributed by atoms with Gasteiger partial charge in [-0.15, -0.1) is 0 Å². The summed E-state index contributed by atoms with van der Waals surface area (Å²) in [5.41, 5.74) is 1.45. The number of carbonyl (C=O) groups excluding carboxylic acids is 2. The summed E-state index contributed by atoms with van der Waals surface area (Å²) in [7, 11) is 3.03. The lowest BCUT2D eigenvalue weighted by atomic mass is 10.1. The molecule has 0 spiro atoms. The van der Waals surface area contributed by atoms with Crippen LogP contribution in [0.25, 0.3) is 12.2 Å². The minimum absolute atomic E-state index is 0.0152. The molecule has 1 fully saturated rings. The second kappa shape index (κ2) is 14.1. The van der Waals surface area contributed by atoms with E-state index in [1.54, 1.807) is 37.5 Å². The zero-order chi connectivity index (χ0) is 25.8. The first-order chi connectivity index (χ1) is 17.5. The Balaban J connectivity index is 1.50. The van der Waals surface area contributed by atoms with Crippen molar-refractivity contribution in [3.8, 4) is 23.0 Å². The molecule has 192 valence electrons. The van der Waals surface area contributed by atoms with Gasteiger partial charge in [0.2, 0.25) is 0 Å². The molecule has 36 heavy (non-hydrogen) atoms. The van der Waals surface area contributed by atoms with E-state index in [9.17, 15) is 14.7 Å². The molecular weight excluding hydrogens is 462 g/mol. The summed E-state index contributed by atoms with van der Waals surface area (Å²) in [6.45, 7) is 4.94. The summed E-state index contributed by atoms with van der Waals surface area (Å²) in [4.78, 5) is 26.8.